The summed E-state index contributed by atoms with van der Waals surface area (Å²) in [6, 6.07) is 8.78. The second kappa shape index (κ2) is 6.29. The Kier molecular flexibility index (Phi) is 4.46. The molecular formula is C15H16N2O3. The normalized spacial score (nSPS) is 20.1. The molecule has 20 heavy (non-hydrogen) atoms. The Hall–Kier alpha value is -2.22. The molecule has 1 aromatic carbocycles. The maximum atomic E-state index is 12.0. The number of rotatable bonds is 4. The molecule has 0 saturated heterocycles. The van der Waals surface area contributed by atoms with Crippen LogP contribution in [0.3, 0.4) is 0 Å². The molecule has 1 fully saturated rings. The molecule has 0 bridgehead atoms. The largest absolute Gasteiger partial charge is 0.299 e. The first-order chi connectivity index (χ1) is 9.61. The van der Waals surface area contributed by atoms with Gasteiger partial charge in [-0.05, 0) is 30.5 Å². The van der Waals surface area contributed by atoms with E-state index in [9.17, 15) is 14.9 Å². The molecule has 2 atom stereocenters. The first-order valence-corrected chi connectivity index (χ1v) is 6.76. The molecule has 1 aromatic rings. The summed E-state index contributed by atoms with van der Waals surface area (Å²) in [5, 5.41) is 19.7. The van der Waals surface area contributed by atoms with Crippen LogP contribution in [0.2, 0.25) is 0 Å². The first-order valence-electron chi connectivity index (χ1n) is 6.76. The third-order valence-corrected chi connectivity index (χ3v) is 3.90. The van der Waals surface area contributed by atoms with Crippen LogP contribution in [0.25, 0.3) is 0 Å². The Morgan fingerprint density at radius 2 is 2.05 bits per heavy atom. The summed E-state index contributed by atoms with van der Waals surface area (Å²) in [5.74, 6) is -0.514. The lowest BCUT2D eigenvalue weighted by atomic mass is 9.76. The van der Waals surface area contributed by atoms with E-state index >= 15 is 0 Å². The highest BCUT2D eigenvalue weighted by atomic mass is 16.6. The van der Waals surface area contributed by atoms with E-state index in [1.165, 1.54) is 0 Å². The molecule has 0 aliphatic heterocycles. The van der Waals surface area contributed by atoms with Crippen molar-refractivity contribution >= 4 is 5.78 Å². The SMILES string of the molecule is N#Cc1ccc(C(C[N+](=O)[O-])C2CCCCC2=O)cc1. The molecule has 2 unspecified atom stereocenters. The minimum atomic E-state index is -0.384. The smallest absolute Gasteiger partial charge is 0.211 e. The van der Waals surface area contributed by atoms with Crippen LogP contribution in [-0.4, -0.2) is 17.3 Å². The molecule has 0 aromatic heterocycles. The van der Waals surface area contributed by atoms with Gasteiger partial charge >= 0.3 is 0 Å². The number of hydrogen-bond donors (Lipinski definition) is 0. The number of carbonyl (C=O) groups excluding carboxylic acids is 1. The van der Waals surface area contributed by atoms with Crippen molar-refractivity contribution in [3.8, 4) is 6.07 Å². The van der Waals surface area contributed by atoms with Gasteiger partial charge in [0.2, 0.25) is 6.54 Å². The van der Waals surface area contributed by atoms with E-state index in [4.69, 9.17) is 5.26 Å². The predicted molar refractivity (Wildman–Crippen MR) is 72.7 cm³/mol. The van der Waals surface area contributed by atoms with Gasteiger partial charge in [-0.25, -0.2) is 0 Å². The summed E-state index contributed by atoms with van der Waals surface area (Å²) in [7, 11) is 0. The van der Waals surface area contributed by atoms with Gasteiger partial charge in [0.1, 0.15) is 5.78 Å². The van der Waals surface area contributed by atoms with Crippen LogP contribution in [0.5, 0.6) is 0 Å². The lowest BCUT2D eigenvalue weighted by molar-refractivity contribution is -0.484. The van der Waals surface area contributed by atoms with E-state index in [2.05, 4.69) is 0 Å². The molecule has 1 aliphatic carbocycles. The van der Waals surface area contributed by atoms with Crippen LogP contribution >= 0.6 is 0 Å². The van der Waals surface area contributed by atoms with Crippen LogP contribution in [-0.2, 0) is 4.79 Å². The molecule has 2 rings (SSSR count). The van der Waals surface area contributed by atoms with E-state index in [-0.39, 0.29) is 29.1 Å². The van der Waals surface area contributed by atoms with Gasteiger partial charge in [0, 0.05) is 17.3 Å². The minimum Gasteiger partial charge on any atom is -0.299 e. The van der Waals surface area contributed by atoms with Gasteiger partial charge in [-0.1, -0.05) is 18.6 Å². The lowest BCUT2D eigenvalue weighted by Gasteiger charge is -2.27. The molecule has 0 spiro atoms. The molecule has 0 radical (unpaired) electrons. The summed E-state index contributed by atoms with van der Waals surface area (Å²) in [6.45, 7) is -0.234. The Bertz CT molecular complexity index is 545. The summed E-state index contributed by atoms with van der Waals surface area (Å²) >= 11 is 0. The predicted octanol–water partition coefficient (Wildman–Crippen LogP) is 2.68. The second-order valence-electron chi connectivity index (χ2n) is 5.17. The van der Waals surface area contributed by atoms with E-state index in [0.29, 0.717) is 12.0 Å². The zero-order valence-corrected chi connectivity index (χ0v) is 11.1. The minimum absolute atomic E-state index is 0.132. The third kappa shape index (κ3) is 3.21. The van der Waals surface area contributed by atoms with Crippen molar-refractivity contribution < 1.29 is 9.72 Å². The Morgan fingerprint density at radius 3 is 2.60 bits per heavy atom. The highest BCUT2D eigenvalue weighted by Gasteiger charge is 2.34. The summed E-state index contributed by atoms with van der Waals surface area (Å²) in [5.41, 5.74) is 1.30. The van der Waals surface area contributed by atoms with E-state index in [0.717, 1.165) is 24.8 Å². The number of benzene rings is 1. The summed E-state index contributed by atoms with van der Waals surface area (Å²) in [6.07, 6.45) is 3.07. The molecule has 104 valence electrons. The number of ketones is 1. The van der Waals surface area contributed by atoms with Gasteiger partial charge in [-0.15, -0.1) is 0 Å². The van der Waals surface area contributed by atoms with E-state index in [1.807, 2.05) is 6.07 Å². The van der Waals surface area contributed by atoms with Crippen LogP contribution in [0.15, 0.2) is 24.3 Å². The zero-order chi connectivity index (χ0) is 14.5. The second-order valence-corrected chi connectivity index (χ2v) is 5.17. The Labute approximate surface area is 117 Å². The summed E-state index contributed by atoms with van der Waals surface area (Å²) < 4.78 is 0. The van der Waals surface area contributed by atoms with Gasteiger partial charge in [-0.2, -0.15) is 5.26 Å². The Balaban J connectivity index is 2.28. The standard InChI is InChI=1S/C15H16N2O3/c16-9-11-5-7-12(8-6-11)14(10-17(19)20)13-3-1-2-4-15(13)18/h5-8,13-14H,1-4,10H2. The average molecular weight is 272 g/mol. The molecule has 0 heterocycles. The van der Waals surface area contributed by atoms with Gasteiger partial charge in [-0.3, -0.25) is 14.9 Å². The molecular weight excluding hydrogens is 256 g/mol. The van der Waals surface area contributed by atoms with Crippen molar-refractivity contribution in [1.29, 1.82) is 5.26 Å². The number of carbonyl (C=O) groups is 1. The first kappa shape index (κ1) is 14.2. The number of nitrogens with zero attached hydrogens (tertiary/aromatic N) is 2. The maximum Gasteiger partial charge on any atom is 0.211 e. The van der Waals surface area contributed by atoms with Crippen molar-refractivity contribution in [2.24, 2.45) is 5.92 Å². The molecule has 5 nitrogen and oxygen atoms in total. The number of nitriles is 1. The van der Waals surface area contributed by atoms with Gasteiger partial charge < -0.3 is 0 Å². The van der Waals surface area contributed by atoms with Crippen molar-refractivity contribution in [2.75, 3.05) is 6.54 Å². The van der Waals surface area contributed by atoms with Crippen molar-refractivity contribution in [1.82, 2.24) is 0 Å². The quantitative estimate of drug-likeness (QED) is 0.623. The number of Topliss-reactive ketones (excluding diaryl/α,β-unsaturated/α-hetero) is 1. The number of hydrogen-bond acceptors (Lipinski definition) is 4. The van der Waals surface area contributed by atoms with E-state index < -0.39 is 0 Å². The topological polar surface area (TPSA) is 84.0 Å². The van der Waals surface area contributed by atoms with E-state index in [1.54, 1.807) is 24.3 Å². The number of nitro groups is 1. The fourth-order valence-electron chi connectivity index (χ4n) is 2.87. The highest BCUT2D eigenvalue weighted by molar-refractivity contribution is 5.82. The van der Waals surface area contributed by atoms with Gasteiger partial charge in [0.15, 0.2) is 0 Å². The van der Waals surface area contributed by atoms with Crippen molar-refractivity contribution in [3.05, 3.63) is 45.5 Å². The van der Waals surface area contributed by atoms with Crippen LogP contribution in [0.4, 0.5) is 0 Å². The van der Waals surface area contributed by atoms with Gasteiger partial charge in [0.25, 0.3) is 0 Å². The molecule has 1 saturated carbocycles. The zero-order valence-electron chi connectivity index (χ0n) is 11.1. The van der Waals surface area contributed by atoms with Crippen molar-refractivity contribution in [3.63, 3.8) is 0 Å². The fourth-order valence-corrected chi connectivity index (χ4v) is 2.87. The highest BCUT2D eigenvalue weighted by Crippen LogP contribution is 2.34. The van der Waals surface area contributed by atoms with Crippen LogP contribution in [0, 0.1) is 27.4 Å². The van der Waals surface area contributed by atoms with Crippen LogP contribution < -0.4 is 0 Å². The third-order valence-electron chi connectivity index (χ3n) is 3.90. The molecule has 0 amide bonds. The molecule has 5 heteroatoms. The maximum absolute atomic E-state index is 12.0. The molecule has 0 N–H and O–H groups in total. The lowest BCUT2D eigenvalue weighted by Crippen LogP contribution is -2.30. The fraction of sp³-hybridized carbons (Fsp3) is 0.467. The average Bonchev–Trinajstić information content (AvgIpc) is 2.46. The van der Waals surface area contributed by atoms with Crippen LogP contribution in [0.1, 0.15) is 42.7 Å². The summed E-state index contributed by atoms with van der Waals surface area (Å²) in [4.78, 5) is 22.6. The molecule has 1 aliphatic rings. The Morgan fingerprint density at radius 1 is 1.35 bits per heavy atom. The monoisotopic (exact) mass is 272 g/mol. The van der Waals surface area contributed by atoms with Crippen molar-refractivity contribution in [2.45, 2.75) is 31.6 Å². The van der Waals surface area contributed by atoms with Gasteiger partial charge in [0.05, 0.1) is 17.6 Å².